The van der Waals surface area contributed by atoms with Crippen LogP contribution in [0, 0.1) is 0 Å². The first-order valence-electron chi connectivity index (χ1n) is 6.53. The van der Waals surface area contributed by atoms with Crippen LogP contribution in [-0.4, -0.2) is 23.4 Å². The molecule has 0 spiro atoms. The van der Waals surface area contributed by atoms with Crippen LogP contribution in [0.25, 0.3) is 0 Å². The molecule has 100 valence electrons. The Morgan fingerprint density at radius 1 is 1.32 bits per heavy atom. The number of ether oxygens (including phenoxy) is 1. The average Bonchev–Trinajstić information content (AvgIpc) is 3.11. The molecule has 1 fully saturated rings. The van der Waals surface area contributed by atoms with Crippen molar-refractivity contribution >= 4 is 0 Å². The Kier molecular flexibility index (Phi) is 3.57. The Balaban J connectivity index is 1.68. The molecule has 0 radical (unpaired) electrons. The molecule has 0 saturated carbocycles. The molecule has 5 nitrogen and oxygen atoms in total. The van der Waals surface area contributed by atoms with E-state index in [2.05, 4.69) is 10.1 Å². The predicted octanol–water partition coefficient (Wildman–Crippen LogP) is 1.82. The molecular weight excluding hydrogens is 242 g/mol. The first kappa shape index (κ1) is 12.3. The molecule has 5 heteroatoms. The topological polar surface area (TPSA) is 74.2 Å². The van der Waals surface area contributed by atoms with Gasteiger partial charge in [0.25, 0.3) is 0 Å². The van der Waals surface area contributed by atoms with Crippen molar-refractivity contribution in [3.63, 3.8) is 0 Å². The predicted molar refractivity (Wildman–Crippen MR) is 69.5 cm³/mol. The highest BCUT2D eigenvalue weighted by Crippen LogP contribution is 2.24. The van der Waals surface area contributed by atoms with Gasteiger partial charge in [-0.2, -0.15) is 4.98 Å². The average molecular weight is 259 g/mol. The number of rotatable bonds is 4. The largest absolute Gasteiger partial charge is 0.381 e. The lowest BCUT2D eigenvalue weighted by Crippen LogP contribution is -2.14. The van der Waals surface area contributed by atoms with Crippen molar-refractivity contribution in [3.05, 3.63) is 47.6 Å². The fraction of sp³-hybridized carbons (Fsp3) is 0.429. The van der Waals surface area contributed by atoms with Gasteiger partial charge in [-0.3, -0.25) is 0 Å². The van der Waals surface area contributed by atoms with Crippen molar-refractivity contribution in [2.45, 2.75) is 24.8 Å². The fourth-order valence-corrected chi connectivity index (χ4v) is 2.26. The molecule has 2 aromatic rings. The summed E-state index contributed by atoms with van der Waals surface area (Å²) in [6, 6.07) is 9.81. The van der Waals surface area contributed by atoms with Gasteiger partial charge in [0.05, 0.1) is 12.6 Å². The lowest BCUT2D eigenvalue weighted by molar-refractivity contribution is 0.192. The van der Waals surface area contributed by atoms with E-state index in [0.717, 1.165) is 18.9 Å². The van der Waals surface area contributed by atoms with E-state index in [1.54, 1.807) is 0 Å². The summed E-state index contributed by atoms with van der Waals surface area (Å²) >= 11 is 0. The fourth-order valence-electron chi connectivity index (χ4n) is 2.26. The summed E-state index contributed by atoms with van der Waals surface area (Å²) in [5, 5.41) is 4.01. The highest BCUT2D eigenvalue weighted by Gasteiger charge is 2.24. The van der Waals surface area contributed by atoms with E-state index in [-0.39, 0.29) is 12.0 Å². The van der Waals surface area contributed by atoms with Crippen LogP contribution >= 0.6 is 0 Å². The third kappa shape index (κ3) is 2.83. The highest BCUT2D eigenvalue weighted by molar-refractivity contribution is 5.16. The minimum atomic E-state index is -0.258. The number of nitrogens with two attached hydrogens (primary N) is 1. The first-order chi connectivity index (χ1) is 9.33. The van der Waals surface area contributed by atoms with E-state index in [4.69, 9.17) is 15.0 Å². The molecule has 1 aromatic carbocycles. The zero-order valence-electron chi connectivity index (χ0n) is 10.7. The van der Waals surface area contributed by atoms with Gasteiger partial charge >= 0.3 is 0 Å². The summed E-state index contributed by atoms with van der Waals surface area (Å²) in [7, 11) is 0. The van der Waals surface area contributed by atoms with Crippen molar-refractivity contribution in [1.29, 1.82) is 0 Å². The smallest absolute Gasteiger partial charge is 0.243 e. The quantitative estimate of drug-likeness (QED) is 0.906. The Bertz CT molecular complexity index is 520. The van der Waals surface area contributed by atoms with Gasteiger partial charge in [0.15, 0.2) is 5.82 Å². The van der Waals surface area contributed by atoms with Crippen molar-refractivity contribution in [1.82, 2.24) is 10.1 Å². The summed E-state index contributed by atoms with van der Waals surface area (Å²) in [5.74, 6) is 1.48. The molecule has 1 unspecified atom stereocenters. The first-order valence-corrected chi connectivity index (χ1v) is 6.53. The Morgan fingerprint density at radius 3 is 2.89 bits per heavy atom. The van der Waals surface area contributed by atoms with Crippen LogP contribution in [0.1, 0.15) is 35.7 Å². The van der Waals surface area contributed by atoms with Crippen LogP contribution in [0.3, 0.4) is 0 Å². The molecule has 2 heterocycles. The summed E-state index contributed by atoms with van der Waals surface area (Å²) in [4.78, 5) is 4.41. The third-order valence-electron chi connectivity index (χ3n) is 3.37. The molecule has 19 heavy (non-hydrogen) atoms. The number of benzene rings is 1. The number of aromatic nitrogens is 2. The van der Waals surface area contributed by atoms with Crippen molar-refractivity contribution in [2.24, 2.45) is 5.73 Å². The SMILES string of the molecule is N[C@@H](Cc1ccccc1)c1nc(C2CCOC2)no1. The van der Waals surface area contributed by atoms with Crippen molar-refractivity contribution in [2.75, 3.05) is 13.2 Å². The molecule has 0 amide bonds. The molecule has 2 N–H and O–H groups in total. The van der Waals surface area contributed by atoms with E-state index >= 15 is 0 Å². The lowest BCUT2D eigenvalue weighted by atomic mass is 10.1. The van der Waals surface area contributed by atoms with Crippen LogP contribution < -0.4 is 5.73 Å². The molecule has 1 aromatic heterocycles. The number of nitrogens with zero attached hydrogens (tertiary/aromatic N) is 2. The molecule has 1 aliphatic rings. The monoisotopic (exact) mass is 259 g/mol. The van der Waals surface area contributed by atoms with Gasteiger partial charge in [0.1, 0.15) is 0 Å². The summed E-state index contributed by atoms with van der Waals surface area (Å²) in [5.41, 5.74) is 7.28. The molecule has 3 rings (SSSR count). The minimum Gasteiger partial charge on any atom is -0.381 e. The second kappa shape index (κ2) is 5.50. The third-order valence-corrected chi connectivity index (χ3v) is 3.37. The normalized spacial score (nSPS) is 20.6. The molecule has 0 bridgehead atoms. The van der Waals surface area contributed by atoms with Crippen LogP contribution in [0.2, 0.25) is 0 Å². The second-order valence-electron chi connectivity index (χ2n) is 4.85. The van der Waals surface area contributed by atoms with Gasteiger partial charge < -0.3 is 15.0 Å². The summed E-state index contributed by atoms with van der Waals surface area (Å²) in [6.07, 6.45) is 1.65. The number of hydrogen-bond donors (Lipinski definition) is 1. The maximum atomic E-state index is 6.11. The van der Waals surface area contributed by atoms with Gasteiger partial charge in [-0.25, -0.2) is 0 Å². The van der Waals surface area contributed by atoms with Gasteiger partial charge in [-0.15, -0.1) is 0 Å². The van der Waals surface area contributed by atoms with Gasteiger partial charge in [0.2, 0.25) is 5.89 Å². The molecule has 1 aliphatic heterocycles. The maximum absolute atomic E-state index is 6.11. The summed E-state index contributed by atoms with van der Waals surface area (Å²) < 4.78 is 10.6. The highest BCUT2D eigenvalue weighted by atomic mass is 16.5. The van der Waals surface area contributed by atoms with Crippen LogP contribution in [0.4, 0.5) is 0 Å². The van der Waals surface area contributed by atoms with Crippen molar-refractivity contribution < 1.29 is 9.26 Å². The van der Waals surface area contributed by atoms with Crippen molar-refractivity contribution in [3.8, 4) is 0 Å². The zero-order chi connectivity index (χ0) is 13.1. The Morgan fingerprint density at radius 2 is 2.16 bits per heavy atom. The van der Waals surface area contributed by atoms with Gasteiger partial charge in [-0.1, -0.05) is 35.5 Å². The van der Waals surface area contributed by atoms with Crippen LogP contribution in [0.5, 0.6) is 0 Å². The summed E-state index contributed by atoms with van der Waals surface area (Å²) in [6.45, 7) is 1.44. The minimum absolute atomic E-state index is 0.251. The zero-order valence-corrected chi connectivity index (χ0v) is 10.7. The van der Waals surface area contributed by atoms with E-state index in [0.29, 0.717) is 18.9 Å². The molecular formula is C14H17N3O2. The molecule has 0 aliphatic carbocycles. The van der Waals surface area contributed by atoms with Gasteiger partial charge in [0, 0.05) is 12.5 Å². The van der Waals surface area contributed by atoms with E-state index < -0.39 is 0 Å². The molecule has 1 saturated heterocycles. The Labute approximate surface area is 111 Å². The van der Waals surface area contributed by atoms with Crippen LogP contribution in [-0.2, 0) is 11.2 Å². The second-order valence-corrected chi connectivity index (χ2v) is 4.85. The van der Waals surface area contributed by atoms with E-state index in [9.17, 15) is 0 Å². The van der Waals surface area contributed by atoms with Gasteiger partial charge in [-0.05, 0) is 18.4 Å². The van der Waals surface area contributed by atoms with Crippen LogP contribution in [0.15, 0.2) is 34.9 Å². The maximum Gasteiger partial charge on any atom is 0.243 e. The lowest BCUT2D eigenvalue weighted by Gasteiger charge is -2.06. The Hall–Kier alpha value is -1.72. The standard InChI is InChI=1S/C14H17N3O2/c15-12(8-10-4-2-1-3-5-10)14-16-13(17-19-14)11-6-7-18-9-11/h1-5,11-12H,6-9,15H2/t11?,12-/m0/s1. The number of hydrogen-bond acceptors (Lipinski definition) is 5. The van der Waals surface area contributed by atoms with E-state index in [1.165, 1.54) is 5.56 Å². The van der Waals surface area contributed by atoms with E-state index in [1.807, 2.05) is 30.3 Å². The molecule has 2 atom stereocenters.